The van der Waals surface area contributed by atoms with Gasteiger partial charge in [0, 0.05) is 18.0 Å². The van der Waals surface area contributed by atoms with Gasteiger partial charge in [0.25, 0.3) is 5.91 Å². The molecule has 0 fully saturated rings. The molecule has 0 bridgehead atoms. The summed E-state index contributed by atoms with van der Waals surface area (Å²) in [5.74, 6) is 0.252. The third-order valence-electron chi connectivity index (χ3n) is 2.85. The number of nitrogens with zero attached hydrogens (tertiary/aromatic N) is 2. The second kappa shape index (κ2) is 7.19. The molecule has 108 valence electrons. The van der Waals surface area contributed by atoms with E-state index in [9.17, 15) is 4.79 Å². The Morgan fingerprint density at radius 3 is 2.67 bits per heavy atom. The molecule has 2 rings (SSSR count). The van der Waals surface area contributed by atoms with Gasteiger partial charge in [0.05, 0.1) is 17.9 Å². The summed E-state index contributed by atoms with van der Waals surface area (Å²) in [6, 6.07) is 10.7. The van der Waals surface area contributed by atoms with Crippen molar-refractivity contribution in [2.75, 3.05) is 6.61 Å². The van der Waals surface area contributed by atoms with Gasteiger partial charge in [0.1, 0.15) is 5.75 Å². The highest BCUT2D eigenvalue weighted by molar-refractivity contribution is 6.01. The third-order valence-corrected chi connectivity index (χ3v) is 2.85. The number of carbonyl (C=O) groups excluding carboxylic acids is 1. The lowest BCUT2D eigenvalue weighted by molar-refractivity contribution is 0.0951. The maximum absolute atomic E-state index is 12.2. The van der Waals surface area contributed by atoms with Gasteiger partial charge in [-0.3, -0.25) is 9.78 Å². The first kappa shape index (κ1) is 14.7. The Kier molecular flexibility index (Phi) is 5.04. The van der Waals surface area contributed by atoms with Crippen LogP contribution in [0.25, 0.3) is 0 Å². The van der Waals surface area contributed by atoms with Gasteiger partial charge in [-0.15, -0.1) is 0 Å². The Hall–Kier alpha value is -2.69. The lowest BCUT2D eigenvalue weighted by Crippen LogP contribution is -2.20. The van der Waals surface area contributed by atoms with E-state index in [2.05, 4.69) is 15.5 Å². The number of hydrogen-bond donors (Lipinski definition) is 1. The van der Waals surface area contributed by atoms with Crippen LogP contribution in [0.5, 0.6) is 5.75 Å². The number of amides is 1. The van der Waals surface area contributed by atoms with Crippen molar-refractivity contribution in [3.8, 4) is 5.75 Å². The molecule has 5 heteroatoms. The molecular weight excluding hydrogens is 266 g/mol. The van der Waals surface area contributed by atoms with Crippen molar-refractivity contribution < 1.29 is 9.53 Å². The van der Waals surface area contributed by atoms with Crippen molar-refractivity contribution in [3.05, 3.63) is 59.9 Å². The second-order valence-corrected chi connectivity index (χ2v) is 4.30. The lowest BCUT2D eigenvalue weighted by atomic mass is 10.2. The molecule has 0 atom stereocenters. The molecule has 2 aromatic rings. The van der Waals surface area contributed by atoms with Gasteiger partial charge in [-0.1, -0.05) is 12.1 Å². The Bertz CT molecular complexity index is 639. The number of pyridine rings is 1. The normalized spacial score (nSPS) is 11.0. The van der Waals surface area contributed by atoms with E-state index >= 15 is 0 Å². The molecule has 0 spiro atoms. The molecule has 5 nitrogen and oxygen atoms in total. The topological polar surface area (TPSA) is 63.6 Å². The highest BCUT2D eigenvalue weighted by Gasteiger charge is 2.11. The summed E-state index contributed by atoms with van der Waals surface area (Å²) < 4.78 is 5.43. The number of nitrogens with one attached hydrogen (secondary N) is 1. The fourth-order valence-electron chi connectivity index (χ4n) is 1.79. The van der Waals surface area contributed by atoms with Gasteiger partial charge in [-0.05, 0) is 38.1 Å². The molecule has 1 N–H and O–H groups in total. The van der Waals surface area contributed by atoms with Crippen LogP contribution in [0.15, 0.2) is 53.9 Å². The van der Waals surface area contributed by atoms with Gasteiger partial charge in [-0.25, -0.2) is 5.43 Å². The predicted molar refractivity (Wildman–Crippen MR) is 81.5 cm³/mol. The van der Waals surface area contributed by atoms with Crippen molar-refractivity contribution in [3.63, 3.8) is 0 Å². The summed E-state index contributed by atoms with van der Waals surface area (Å²) in [5.41, 5.74) is 4.62. The molecule has 1 aromatic heterocycles. The number of benzene rings is 1. The zero-order valence-corrected chi connectivity index (χ0v) is 12.0. The zero-order valence-electron chi connectivity index (χ0n) is 12.0. The fraction of sp³-hybridized carbons (Fsp3) is 0.188. The van der Waals surface area contributed by atoms with Gasteiger partial charge >= 0.3 is 0 Å². The third kappa shape index (κ3) is 3.89. The lowest BCUT2D eigenvalue weighted by Gasteiger charge is -2.08. The van der Waals surface area contributed by atoms with Gasteiger partial charge < -0.3 is 4.74 Å². The molecule has 0 radical (unpaired) electrons. The van der Waals surface area contributed by atoms with Crippen LogP contribution in [-0.2, 0) is 0 Å². The van der Waals surface area contributed by atoms with Crippen molar-refractivity contribution in [2.24, 2.45) is 5.10 Å². The minimum atomic E-state index is -0.299. The quantitative estimate of drug-likeness (QED) is 0.677. The monoisotopic (exact) mass is 283 g/mol. The number of rotatable bonds is 5. The van der Waals surface area contributed by atoms with Crippen molar-refractivity contribution in [1.82, 2.24) is 10.4 Å². The van der Waals surface area contributed by atoms with Gasteiger partial charge in [0.2, 0.25) is 0 Å². The number of aromatic nitrogens is 1. The summed E-state index contributed by atoms with van der Waals surface area (Å²) in [5, 5.41) is 4.11. The molecule has 0 unspecified atom stereocenters. The van der Waals surface area contributed by atoms with Crippen LogP contribution >= 0.6 is 0 Å². The highest BCUT2D eigenvalue weighted by Crippen LogP contribution is 2.17. The SMILES string of the molecule is CCOc1ccccc1C(=O)NN=C(C)c1ccncc1. The molecule has 1 amide bonds. The van der Waals surface area contributed by atoms with Gasteiger partial charge in [0.15, 0.2) is 0 Å². The summed E-state index contributed by atoms with van der Waals surface area (Å²) in [4.78, 5) is 16.1. The Balaban J connectivity index is 2.12. The molecule has 21 heavy (non-hydrogen) atoms. The second-order valence-electron chi connectivity index (χ2n) is 4.30. The number of hydrogen-bond acceptors (Lipinski definition) is 4. The number of carbonyl (C=O) groups is 1. The Morgan fingerprint density at radius 2 is 1.95 bits per heavy atom. The average Bonchev–Trinajstić information content (AvgIpc) is 2.54. The Labute approximate surface area is 123 Å². The van der Waals surface area contributed by atoms with E-state index in [4.69, 9.17) is 4.74 Å². The van der Waals surface area contributed by atoms with E-state index in [1.807, 2.05) is 32.0 Å². The molecular formula is C16H17N3O2. The van der Waals surface area contributed by atoms with Crippen molar-refractivity contribution in [1.29, 1.82) is 0 Å². The minimum absolute atomic E-state index is 0.299. The van der Waals surface area contributed by atoms with Gasteiger partial charge in [-0.2, -0.15) is 5.10 Å². The van der Waals surface area contributed by atoms with Crippen molar-refractivity contribution in [2.45, 2.75) is 13.8 Å². The number of para-hydroxylation sites is 1. The van der Waals surface area contributed by atoms with E-state index in [0.717, 1.165) is 5.56 Å². The summed E-state index contributed by atoms with van der Waals surface area (Å²) in [6.45, 7) is 4.20. The maximum Gasteiger partial charge on any atom is 0.275 e. The fourth-order valence-corrected chi connectivity index (χ4v) is 1.79. The predicted octanol–water partition coefficient (Wildman–Crippen LogP) is 2.63. The average molecular weight is 283 g/mol. The zero-order chi connectivity index (χ0) is 15.1. The largest absolute Gasteiger partial charge is 0.493 e. The summed E-state index contributed by atoms with van der Waals surface area (Å²) in [6.07, 6.45) is 3.36. The van der Waals surface area contributed by atoms with E-state index < -0.39 is 0 Å². The Morgan fingerprint density at radius 1 is 1.24 bits per heavy atom. The summed E-state index contributed by atoms with van der Waals surface area (Å²) >= 11 is 0. The molecule has 0 aliphatic rings. The van der Waals surface area contributed by atoms with Crippen LogP contribution in [0.2, 0.25) is 0 Å². The first-order chi connectivity index (χ1) is 10.2. The first-order valence-corrected chi connectivity index (χ1v) is 6.69. The molecule has 0 aliphatic heterocycles. The van der Waals surface area contributed by atoms with E-state index in [0.29, 0.717) is 23.6 Å². The molecule has 0 saturated carbocycles. The summed E-state index contributed by atoms with van der Waals surface area (Å²) in [7, 11) is 0. The maximum atomic E-state index is 12.2. The molecule has 0 aliphatic carbocycles. The van der Waals surface area contributed by atoms with Crippen LogP contribution in [0.3, 0.4) is 0 Å². The molecule has 1 heterocycles. The smallest absolute Gasteiger partial charge is 0.275 e. The van der Waals surface area contributed by atoms with E-state index in [1.165, 1.54) is 0 Å². The number of ether oxygens (including phenoxy) is 1. The van der Waals surface area contributed by atoms with Crippen molar-refractivity contribution >= 4 is 11.6 Å². The van der Waals surface area contributed by atoms with Crippen LogP contribution in [-0.4, -0.2) is 23.2 Å². The van der Waals surface area contributed by atoms with Crippen LogP contribution in [0, 0.1) is 0 Å². The molecule has 0 saturated heterocycles. The number of hydrazone groups is 1. The van der Waals surface area contributed by atoms with E-state index in [1.54, 1.807) is 30.6 Å². The van der Waals surface area contributed by atoms with Crippen LogP contribution in [0.4, 0.5) is 0 Å². The minimum Gasteiger partial charge on any atom is -0.493 e. The molecule has 1 aromatic carbocycles. The first-order valence-electron chi connectivity index (χ1n) is 6.69. The van der Waals surface area contributed by atoms with Crippen LogP contribution in [0.1, 0.15) is 29.8 Å². The highest BCUT2D eigenvalue weighted by atomic mass is 16.5. The standard InChI is InChI=1S/C16H17N3O2/c1-3-21-15-7-5-4-6-14(15)16(20)19-18-12(2)13-8-10-17-11-9-13/h4-11H,3H2,1-2H3,(H,19,20). The van der Waals surface area contributed by atoms with Crippen LogP contribution < -0.4 is 10.2 Å². The van der Waals surface area contributed by atoms with E-state index in [-0.39, 0.29) is 5.91 Å².